The zero-order valence-electron chi connectivity index (χ0n) is 22.7. The SMILES string of the molecule is CC(=O)O[C@@H]1C2=C(C)C3(CC3)[C@@](C)(O)C(=O)C2=C[C@@]1(C)CNC(=O)OCC1c2ccccc2-c2ccccc21. The minimum Gasteiger partial charge on any atom is -0.457 e. The van der Waals surface area contributed by atoms with E-state index in [0.717, 1.165) is 27.8 Å². The summed E-state index contributed by atoms with van der Waals surface area (Å²) in [5, 5.41) is 14.0. The van der Waals surface area contributed by atoms with Crippen molar-refractivity contribution in [1.82, 2.24) is 5.32 Å². The molecule has 202 valence electrons. The summed E-state index contributed by atoms with van der Waals surface area (Å²) in [7, 11) is 0. The number of hydrogen-bond acceptors (Lipinski definition) is 6. The topological polar surface area (TPSA) is 102 Å². The minimum absolute atomic E-state index is 0.0635. The van der Waals surface area contributed by atoms with Gasteiger partial charge >= 0.3 is 12.1 Å². The molecule has 1 fully saturated rings. The van der Waals surface area contributed by atoms with E-state index in [1.165, 1.54) is 6.92 Å². The molecule has 0 saturated heterocycles. The third-order valence-corrected chi connectivity index (χ3v) is 9.36. The van der Waals surface area contributed by atoms with Gasteiger partial charge < -0.3 is 19.9 Å². The molecule has 0 aromatic heterocycles. The van der Waals surface area contributed by atoms with E-state index in [4.69, 9.17) is 9.47 Å². The molecule has 39 heavy (non-hydrogen) atoms. The van der Waals surface area contributed by atoms with Crippen LogP contribution in [-0.4, -0.2) is 47.8 Å². The highest BCUT2D eigenvalue weighted by molar-refractivity contribution is 6.09. The van der Waals surface area contributed by atoms with Crippen molar-refractivity contribution < 1.29 is 29.0 Å². The lowest BCUT2D eigenvalue weighted by atomic mass is 9.67. The number of carbonyl (C=O) groups excluding carboxylic acids is 3. The Morgan fingerprint density at radius 2 is 1.62 bits per heavy atom. The van der Waals surface area contributed by atoms with Crippen LogP contribution >= 0.6 is 0 Å². The number of benzene rings is 2. The van der Waals surface area contributed by atoms with E-state index in [1.54, 1.807) is 13.0 Å². The highest BCUT2D eigenvalue weighted by Crippen LogP contribution is 2.65. The van der Waals surface area contributed by atoms with Gasteiger partial charge in [0.1, 0.15) is 18.3 Å². The van der Waals surface area contributed by atoms with Crippen molar-refractivity contribution in [2.45, 2.75) is 58.2 Å². The Kier molecular flexibility index (Phi) is 5.67. The number of rotatable bonds is 5. The largest absolute Gasteiger partial charge is 0.457 e. The van der Waals surface area contributed by atoms with Gasteiger partial charge in [0.2, 0.25) is 0 Å². The third kappa shape index (κ3) is 3.70. The van der Waals surface area contributed by atoms with E-state index >= 15 is 0 Å². The molecule has 2 aromatic rings. The minimum atomic E-state index is -1.52. The first-order valence-corrected chi connectivity index (χ1v) is 13.5. The van der Waals surface area contributed by atoms with E-state index in [1.807, 2.05) is 38.1 Å². The molecule has 0 aliphatic heterocycles. The van der Waals surface area contributed by atoms with Gasteiger partial charge in [-0.05, 0) is 48.9 Å². The first-order chi connectivity index (χ1) is 18.5. The number of nitrogens with one attached hydrogen (secondary N) is 1. The molecule has 2 N–H and O–H groups in total. The molecule has 7 heteroatoms. The molecule has 3 atom stereocenters. The van der Waals surface area contributed by atoms with Gasteiger partial charge in [-0.1, -0.05) is 67.1 Å². The lowest BCUT2D eigenvalue weighted by Gasteiger charge is -2.40. The van der Waals surface area contributed by atoms with Crippen LogP contribution in [0, 0.1) is 10.8 Å². The van der Waals surface area contributed by atoms with Crippen molar-refractivity contribution in [3.63, 3.8) is 0 Å². The molecule has 7 nitrogen and oxygen atoms in total. The van der Waals surface area contributed by atoms with Gasteiger partial charge in [0.15, 0.2) is 5.78 Å². The highest BCUT2D eigenvalue weighted by Gasteiger charge is 2.67. The molecular formula is C32H33NO6. The molecule has 0 radical (unpaired) electrons. The van der Waals surface area contributed by atoms with E-state index in [-0.39, 0.29) is 24.9 Å². The lowest BCUT2D eigenvalue weighted by molar-refractivity contribution is -0.148. The fourth-order valence-electron chi connectivity index (χ4n) is 7.05. The summed E-state index contributed by atoms with van der Waals surface area (Å²) in [4.78, 5) is 38.5. The Morgan fingerprint density at radius 1 is 1.03 bits per heavy atom. The van der Waals surface area contributed by atoms with Crippen LogP contribution in [0.5, 0.6) is 0 Å². The molecule has 0 unspecified atom stereocenters. The number of ketones is 1. The number of fused-ring (bicyclic) bond motifs is 4. The van der Waals surface area contributed by atoms with Gasteiger partial charge in [-0.25, -0.2) is 4.79 Å². The molecule has 4 aliphatic carbocycles. The molecule has 0 heterocycles. The molecule has 1 spiro atoms. The maximum absolute atomic E-state index is 13.4. The second-order valence-electron chi connectivity index (χ2n) is 11.8. The number of alkyl carbamates (subject to hydrolysis) is 1. The summed E-state index contributed by atoms with van der Waals surface area (Å²) < 4.78 is 11.5. The predicted molar refractivity (Wildman–Crippen MR) is 145 cm³/mol. The molecule has 0 bridgehead atoms. The number of Topliss-reactive ketones (excluding diaryl/α,β-unsaturated/α-hetero) is 1. The molecular weight excluding hydrogens is 494 g/mol. The van der Waals surface area contributed by atoms with Crippen LogP contribution in [0.2, 0.25) is 0 Å². The number of amides is 1. The maximum Gasteiger partial charge on any atom is 0.407 e. The number of esters is 1. The van der Waals surface area contributed by atoms with Gasteiger partial charge in [-0.2, -0.15) is 0 Å². The van der Waals surface area contributed by atoms with Crippen molar-refractivity contribution in [3.8, 4) is 11.1 Å². The molecule has 4 aliphatic rings. The van der Waals surface area contributed by atoms with Gasteiger partial charge in [0.25, 0.3) is 0 Å². The quantitative estimate of drug-likeness (QED) is 0.540. The zero-order valence-corrected chi connectivity index (χ0v) is 22.7. The summed E-state index contributed by atoms with van der Waals surface area (Å²) in [5.74, 6) is -0.897. The van der Waals surface area contributed by atoms with Crippen LogP contribution in [0.15, 0.2) is 71.3 Å². The van der Waals surface area contributed by atoms with Gasteiger partial charge in [0, 0.05) is 41.4 Å². The zero-order chi connectivity index (χ0) is 27.7. The predicted octanol–water partition coefficient (Wildman–Crippen LogP) is 4.83. The van der Waals surface area contributed by atoms with Crippen LogP contribution in [-0.2, 0) is 19.1 Å². The Morgan fingerprint density at radius 3 is 2.18 bits per heavy atom. The normalized spacial score (nSPS) is 28.0. The van der Waals surface area contributed by atoms with Crippen molar-refractivity contribution in [1.29, 1.82) is 0 Å². The maximum atomic E-state index is 13.4. The molecule has 1 amide bonds. The molecule has 6 rings (SSSR count). The number of ether oxygens (including phenoxy) is 2. The summed E-state index contributed by atoms with van der Waals surface area (Å²) >= 11 is 0. The fourth-order valence-corrected chi connectivity index (χ4v) is 7.05. The first-order valence-electron chi connectivity index (χ1n) is 13.5. The fraction of sp³-hybridized carbons (Fsp3) is 0.406. The summed E-state index contributed by atoms with van der Waals surface area (Å²) in [6, 6.07) is 16.3. The van der Waals surface area contributed by atoms with Crippen LogP contribution < -0.4 is 5.32 Å². The van der Waals surface area contributed by atoms with Crippen molar-refractivity contribution in [3.05, 3.63) is 82.5 Å². The van der Waals surface area contributed by atoms with E-state index < -0.39 is 34.6 Å². The first kappa shape index (κ1) is 25.6. The Labute approximate surface area is 227 Å². The monoisotopic (exact) mass is 527 g/mol. The van der Waals surface area contributed by atoms with Gasteiger partial charge in [-0.15, -0.1) is 0 Å². The smallest absolute Gasteiger partial charge is 0.407 e. The van der Waals surface area contributed by atoms with Gasteiger partial charge in [0.05, 0.1) is 0 Å². The highest BCUT2D eigenvalue weighted by atomic mass is 16.6. The standard InChI is InChI=1S/C32H33NO6/c1-18-26-24(27(35)31(4,37)32(18)13-14-32)15-30(3,28(26)39-19(2)34)17-33-29(36)38-16-25-22-11-7-5-9-20(22)21-10-6-8-12-23(21)25/h5-12,15,25,28,37H,13-14,16-17H2,1-4H3,(H,33,36)/t28-,30+,31+/m1/s1. The van der Waals surface area contributed by atoms with Crippen molar-refractivity contribution in [2.75, 3.05) is 13.2 Å². The third-order valence-electron chi connectivity index (χ3n) is 9.36. The lowest BCUT2D eigenvalue weighted by Crippen LogP contribution is -2.50. The summed E-state index contributed by atoms with van der Waals surface area (Å²) in [5.41, 5.74) is 3.44. The van der Waals surface area contributed by atoms with Crippen LogP contribution in [0.4, 0.5) is 4.79 Å². The summed E-state index contributed by atoms with van der Waals surface area (Å²) in [6.45, 7) is 6.94. The van der Waals surface area contributed by atoms with E-state index in [2.05, 4.69) is 29.6 Å². The number of hydrogen-bond donors (Lipinski definition) is 2. The molecule has 2 aromatic carbocycles. The molecule has 1 saturated carbocycles. The Bertz CT molecular complexity index is 1430. The number of carbonyl (C=O) groups is 3. The van der Waals surface area contributed by atoms with Crippen LogP contribution in [0.1, 0.15) is 57.6 Å². The second-order valence-corrected chi connectivity index (χ2v) is 11.8. The Balaban J connectivity index is 1.21. The summed E-state index contributed by atoms with van der Waals surface area (Å²) in [6.07, 6.45) is 1.81. The number of aliphatic hydroxyl groups is 1. The van der Waals surface area contributed by atoms with Gasteiger partial charge in [-0.3, -0.25) is 9.59 Å². The van der Waals surface area contributed by atoms with E-state index in [0.29, 0.717) is 24.0 Å². The van der Waals surface area contributed by atoms with E-state index in [9.17, 15) is 19.5 Å². The van der Waals surface area contributed by atoms with Crippen LogP contribution in [0.3, 0.4) is 0 Å². The van der Waals surface area contributed by atoms with Crippen molar-refractivity contribution >= 4 is 17.8 Å². The second kappa shape index (κ2) is 8.65. The van der Waals surface area contributed by atoms with Crippen LogP contribution in [0.25, 0.3) is 11.1 Å². The average Bonchev–Trinajstić information content (AvgIpc) is 3.61. The Hall–Kier alpha value is -3.71. The average molecular weight is 528 g/mol. The van der Waals surface area contributed by atoms with Crippen molar-refractivity contribution in [2.24, 2.45) is 10.8 Å².